The highest BCUT2D eigenvalue weighted by molar-refractivity contribution is 14.0. The Bertz CT molecular complexity index is 651. The number of aliphatic imine (C=N–C) groups is 1. The van der Waals surface area contributed by atoms with Gasteiger partial charge >= 0.3 is 0 Å². The first-order valence-corrected chi connectivity index (χ1v) is 8.57. The molecule has 2 aromatic rings. The summed E-state index contributed by atoms with van der Waals surface area (Å²) in [4.78, 5) is 4.24. The minimum Gasteiger partial charge on any atom is -0.497 e. The number of nitrogens with one attached hydrogen (secondary N) is 2. The van der Waals surface area contributed by atoms with Crippen LogP contribution < -0.4 is 20.1 Å². The number of ether oxygens (including phenoxy) is 2. The number of guanidine groups is 1. The number of benzene rings is 2. The number of halogens is 1. The van der Waals surface area contributed by atoms with Crippen LogP contribution in [0.5, 0.6) is 11.5 Å². The molecule has 0 heterocycles. The van der Waals surface area contributed by atoms with Crippen LogP contribution in [0.25, 0.3) is 0 Å². The molecule has 0 saturated carbocycles. The zero-order chi connectivity index (χ0) is 17.7. The zero-order valence-corrected chi connectivity index (χ0v) is 17.7. The summed E-state index contributed by atoms with van der Waals surface area (Å²) in [6.45, 7) is 2.30. The molecule has 5 nitrogen and oxygen atoms in total. The van der Waals surface area contributed by atoms with Crippen molar-refractivity contribution in [1.82, 2.24) is 10.6 Å². The molecule has 2 N–H and O–H groups in total. The molecule has 0 aromatic heterocycles. The highest BCUT2D eigenvalue weighted by Gasteiger charge is 1.99. The predicted molar refractivity (Wildman–Crippen MR) is 118 cm³/mol. The van der Waals surface area contributed by atoms with Crippen molar-refractivity contribution in [3.63, 3.8) is 0 Å². The minimum absolute atomic E-state index is 0. The van der Waals surface area contributed by atoms with Crippen molar-refractivity contribution in [3.8, 4) is 11.5 Å². The Hall–Kier alpha value is -1.96. The van der Waals surface area contributed by atoms with Crippen molar-refractivity contribution >= 4 is 29.9 Å². The molecule has 0 bridgehead atoms. The van der Waals surface area contributed by atoms with E-state index in [4.69, 9.17) is 9.47 Å². The van der Waals surface area contributed by atoms with Crippen molar-refractivity contribution in [1.29, 1.82) is 0 Å². The average molecular weight is 469 g/mol. The smallest absolute Gasteiger partial charge is 0.190 e. The predicted octanol–water partition coefficient (Wildman–Crippen LogP) is 3.49. The summed E-state index contributed by atoms with van der Waals surface area (Å²) in [7, 11) is 3.46. The first-order valence-electron chi connectivity index (χ1n) is 8.57. The van der Waals surface area contributed by atoms with Gasteiger partial charge in [0.1, 0.15) is 11.5 Å². The van der Waals surface area contributed by atoms with Crippen molar-refractivity contribution in [2.75, 3.05) is 33.9 Å². The third-order valence-corrected chi connectivity index (χ3v) is 3.69. The summed E-state index contributed by atoms with van der Waals surface area (Å²) in [6, 6.07) is 18.0. The lowest BCUT2D eigenvalue weighted by Crippen LogP contribution is -2.39. The summed E-state index contributed by atoms with van der Waals surface area (Å²) in [5, 5.41) is 6.62. The summed E-state index contributed by atoms with van der Waals surface area (Å²) in [5.74, 6) is 2.60. The lowest BCUT2D eigenvalue weighted by molar-refractivity contribution is 0.311. The van der Waals surface area contributed by atoms with Crippen LogP contribution in [-0.2, 0) is 6.42 Å². The maximum absolute atomic E-state index is 5.67. The van der Waals surface area contributed by atoms with E-state index in [1.54, 1.807) is 14.2 Å². The molecule has 142 valence electrons. The number of rotatable bonds is 9. The Morgan fingerprint density at radius 1 is 0.962 bits per heavy atom. The molecule has 0 aliphatic rings. The van der Waals surface area contributed by atoms with Gasteiger partial charge in [-0.3, -0.25) is 4.99 Å². The Morgan fingerprint density at radius 2 is 1.69 bits per heavy atom. The van der Waals surface area contributed by atoms with E-state index in [1.165, 1.54) is 5.56 Å². The molecular formula is C20H28IN3O2. The van der Waals surface area contributed by atoms with Gasteiger partial charge in [0.25, 0.3) is 0 Å². The second-order valence-corrected chi connectivity index (χ2v) is 5.54. The second-order valence-electron chi connectivity index (χ2n) is 5.54. The van der Waals surface area contributed by atoms with Gasteiger partial charge < -0.3 is 20.1 Å². The summed E-state index contributed by atoms with van der Waals surface area (Å²) < 4.78 is 10.9. The van der Waals surface area contributed by atoms with Gasteiger partial charge in [0, 0.05) is 20.1 Å². The largest absolute Gasteiger partial charge is 0.497 e. The molecule has 0 unspecified atom stereocenters. The highest BCUT2D eigenvalue weighted by Crippen LogP contribution is 2.12. The van der Waals surface area contributed by atoms with E-state index in [2.05, 4.69) is 27.8 Å². The van der Waals surface area contributed by atoms with Gasteiger partial charge in [-0.15, -0.1) is 24.0 Å². The molecule has 0 aliphatic heterocycles. The fourth-order valence-corrected chi connectivity index (χ4v) is 2.36. The Labute approximate surface area is 173 Å². The Kier molecular flexibility index (Phi) is 11.3. The van der Waals surface area contributed by atoms with E-state index in [0.29, 0.717) is 6.61 Å². The van der Waals surface area contributed by atoms with Crippen molar-refractivity contribution in [2.45, 2.75) is 12.8 Å². The van der Waals surface area contributed by atoms with E-state index < -0.39 is 0 Å². The Balaban J connectivity index is 0.00000338. The van der Waals surface area contributed by atoms with E-state index >= 15 is 0 Å². The van der Waals surface area contributed by atoms with Crippen LogP contribution in [-0.4, -0.2) is 39.8 Å². The van der Waals surface area contributed by atoms with Gasteiger partial charge in [-0.25, -0.2) is 0 Å². The van der Waals surface area contributed by atoms with Crippen LogP contribution in [0, 0.1) is 0 Å². The molecule has 0 saturated heterocycles. The van der Waals surface area contributed by atoms with E-state index in [1.807, 2.05) is 42.5 Å². The first-order chi connectivity index (χ1) is 12.3. The minimum atomic E-state index is 0. The van der Waals surface area contributed by atoms with Gasteiger partial charge in [-0.2, -0.15) is 0 Å². The van der Waals surface area contributed by atoms with Crippen LogP contribution >= 0.6 is 24.0 Å². The fourth-order valence-electron chi connectivity index (χ4n) is 2.36. The number of hydrogen-bond acceptors (Lipinski definition) is 3. The van der Waals surface area contributed by atoms with Crippen molar-refractivity contribution in [2.24, 2.45) is 4.99 Å². The van der Waals surface area contributed by atoms with Crippen LogP contribution in [0.15, 0.2) is 59.6 Å². The van der Waals surface area contributed by atoms with Crippen molar-refractivity contribution in [3.05, 3.63) is 60.2 Å². The molecule has 0 radical (unpaired) electrons. The molecule has 26 heavy (non-hydrogen) atoms. The van der Waals surface area contributed by atoms with Crippen LogP contribution in [0.3, 0.4) is 0 Å². The van der Waals surface area contributed by atoms with Gasteiger partial charge in [0.15, 0.2) is 5.96 Å². The van der Waals surface area contributed by atoms with Crippen LogP contribution in [0.1, 0.15) is 12.0 Å². The summed E-state index contributed by atoms with van der Waals surface area (Å²) >= 11 is 0. The number of methoxy groups -OCH3 is 1. The quantitative estimate of drug-likeness (QED) is 0.256. The van der Waals surface area contributed by atoms with Gasteiger partial charge in [0.05, 0.1) is 13.7 Å². The van der Waals surface area contributed by atoms with Crippen LogP contribution in [0.2, 0.25) is 0 Å². The third kappa shape index (κ3) is 8.42. The first kappa shape index (κ1) is 22.1. The molecule has 2 aromatic carbocycles. The SMILES string of the molecule is CN=C(NCCCOc1ccccc1)NCCc1cccc(OC)c1.I. The van der Waals surface area contributed by atoms with E-state index in [-0.39, 0.29) is 24.0 Å². The molecule has 0 fully saturated rings. The lowest BCUT2D eigenvalue weighted by atomic mass is 10.1. The normalized spacial score (nSPS) is 10.6. The number of hydrogen-bond donors (Lipinski definition) is 2. The fraction of sp³-hybridized carbons (Fsp3) is 0.350. The zero-order valence-electron chi connectivity index (χ0n) is 15.4. The molecule has 0 atom stereocenters. The Morgan fingerprint density at radius 3 is 2.42 bits per heavy atom. The van der Waals surface area contributed by atoms with E-state index in [9.17, 15) is 0 Å². The summed E-state index contributed by atoms with van der Waals surface area (Å²) in [5.41, 5.74) is 1.23. The van der Waals surface area contributed by atoms with Gasteiger partial charge in [0.2, 0.25) is 0 Å². The number of para-hydroxylation sites is 1. The molecule has 6 heteroatoms. The summed E-state index contributed by atoms with van der Waals surface area (Å²) in [6.07, 6.45) is 1.82. The van der Waals surface area contributed by atoms with Crippen LogP contribution in [0.4, 0.5) is 0 Å². The standard InChI is InChI=1S/C20H27N3O2.HI/c1-21-20(22-13-7-15-25-18-9-4-3-5-10-18)23-14-12-17-8-6-11-19(16-17)24-2;/h3-6,8-11,16H,7,12-15H2,1-2H3,(H2,21,22,23);1H. The molecular weight excluding hydrogens is 441 g/mol. The molecule has 0 aliphatic carbocycles. The van der Waals surface area contributed by atoms with Gasteiger partial charge in [-0.05, 0) is 42.7 Å². The van der Waals surface area contributed by atoms with Crippen molar-refractivity contribution < 1.29 is 9.47 Å². The maximum Gasteiger partial charge on any atom is 0.190 e. The molecule has 2 rings (SSSR count). The second kappa shape index (κ2) is 13.3. The van der Waals surface area contributed by atoms with Gasteiger partial charge in [-0.1, -0.05) is 30.3 Å². The molecule has 0 amide bonds. The highest BCUT2D eigenvalue weighted by atomic mass is 127. The lowest BCUT2D eigenvalue weighted by Gasteiger charge is -2.12. The topological polar surface area (TPSA) is 54.9 Å². The molecule has 0 spiro atoms. The maximum atomic E-state index is 5.67. The third-order valence-electron chi connectivity index (χ3n) is 3.69. The van der Waals surface area contributed by atoms with E-state index in [0.717, 1.165) is 43.4 Å². The monoisotopic (exact) mass is 469 g/mol. The number of nitrogens with zero attached hydrogens (tertiary/aromatic N) is 1. The average Bonchev–Trinajstić information content (AvgIpc) is 2.67.